The molecule has 0 aliphatic heterocycles. The molecule has 0 heterocycles. The summed E-state index contributed by atoms with van der Waals surface area (Å²) in [5.41, 5.74) is 0. The van der Waals surface area contributed by atoms with E-state index in [1.165, 1.54) is 0 Å². The van der Waals surface area contributed by atoms with Crippen LogP contribution in [0, 0.1) is 0 Å². The summed E-state index contributed by atoms with van der Waals surface area (Å²) in [5, 5.41) is 0. The number of hydrogen-bond donors (Lipinski definition) is 0. The van der Waals surface area contributed by atoms with Gasteiger partial charge in [-0.05, 0) is 0 Å². The first-order chi connectivity index (χ1) is 4.00. The van der Waals surface area contributed by atoms with E-state index in [0.717, 1.165) is 0 Å². The van der Waals surface area contributed by atoms with E-state index in [2.05, 4.69) is 0 Å². The van der Waals surface area contributed by atoms with Gasteiger partial charge in [0, 0.05) is 0 Å². The molecule has 0 rings (SSSR count). The summed E-state index contributed by atoms with van der Waals surface area (Å²) in [6.07, 6.45) is 0. The van der Waals surface area contributed by atoms with E-state index < -0.39 is 27.2 Å². The second-order valence-electron chi connectivity index (χ2n) is 0.816. The quantitative estimate of drug-likeness (QED) is 0.399. The summed E-state index contributed by atoms with van der Waals surface area (Å²) in [5.74, 6) is 0. The maximum atomic E-state index is 8.59. The molecule has 0 aromatic heterocycles. The van der Waals surface area contributed by atoms with Crippen molar-refractivity contribution in [1.29, 1.82) is 0 Å². The van der Waals surface area contributed by atoms with Gasteiger partial charge in [-0.15, -0.1) is 0 Å². The van der Waals surface area contributed by atoms with Crippen molar-refractivity contribution in [2.45, 2.75) is 0 Å². The summed E-state index contributed by atoms with van der Waals surface area (Å²) in [4.78, 5) is 0. The minimum atomic E-state index is -5.75. The third-order valence-electron chi connectivity index (χ3n) is 0. The van der Waals surface area contributed by atoms with E-state index in [1.807, 2.05) is 0 Å². The second kappa shape index (κ2) is 7.03. The second-order valence-corrected chi connectivity index (χ2v) is 3.37. The Morgan fingerprint density at radius 2 is 0.636 bits per heavy atom. The predicted octanol–water partition coefficient (Wildman–Crippen LogP) is -5.62. The molecule has 0 radical (unpaired) electrons. The molecule has 0 aliphatic carbocycles. The Balaban J connectivity index is -0.000000107. The molecule has 11 heavy (non-hydrogen) atoms. The van der Waals surface area contributed by atoms with E-state index in [1.54, 1.807) is 0 Å². The van der Waals surface area contributed by atoms with Crippen LogP contribution in [0.1, 0.15) is 0 Å². The van der Waals surface area contributed by atoms with E-state index in [9.17, 15) is 0 Å². The number of rotatable bonds is 0. The van der Waals surface area contributed by atoms with Crippen molar-refractivity contribution < 1.29 is 59.1 Å². The SMILES string of the molecule is [O]=[Cr](=[O])([O-])[O-].[O]=[Cr](=[O])([O-])[O-].[Sr+2]. The first-order valence-corrected chi connectivity index (χ1v) is 5.50. The summed E-state index contributed by atoms with van der Waals surface area (Å²) in [6, 6.07) is 0. The van der Waals surface area contributed by atoms with Crippen LogP contribution in [-0.2, 0) is 42.4 Å². The maximum absolute atomic E-state index is 8.59. The van der Waals surface area contributed by atoms with Gasteiger partial charge in [-0.25, -0.2) is 0 Å². The van der Waals surface area contributed by atoms with Crippen LogP contribution >= 0.6 is 0 Å². The standard InChI is InChI=1S/2Cr.8O.Sr/q;;;;;;4*-1;+2. The monoisotopic (exact) mass is 320 g/mol. The van der Waals surface area contributed by atoms with Gasteiger partial charge in [0.15, 0.2) is 0 Å². The van der Waals surface area contributed by atoms with E-state index in [-0.39, 0.29) is 45.5 Å². The van der Waals surface area contributed by atoms with Crippen LogP contribution in [0.2, 0.25) is 0 Å². The van der Waals surface area contributed by atoms with Crippen LogP contribution in [0.4, 0.5) is 0 Å². The Bertz CT molecular complexity index is 208. The molecule has 0 bridgehead atoms. The molecule has 0 aromatic rings. The van der Waals surface area contributed by atoms with Crippen LogP contribution < -0.4 is 16.6 Å². The summed E-state index contributed by atoms with van der Waals surface area (Å²) in [7, 11) is 0. The van der Waals surface area contributed by atoms with Crippen molar-refractivity contribution in [1.82, 2.24) is 0 Å². The normalized spacial score (nSPS) is 10.5. The van der Waals surface area contributed by atoms with E-state index in [0.29, 0.717) is 0 Å². The molecule has 0 unspecified atom stereocenters. The molecule has 64 valence electrons. The Hall–Kier alpha value is 1.59. The molecule has 0 fully saturated rings. The first-order valence-electron chi connectivity index (χ1n) is 1.33. The molecule has 11 heteroatoms. The number of hydrogen-bond acceptors (Lipinski definition) is 8. The molecule has 8 nitrogen and oxygen atoms in total. The predicted molar refractivity (Wildman–Crippen MR) is 8.50 cm³/mol. The summed E-state index contributed by atoms with van der Waals surface area (Å²) in [6.45, 7) is 0. The molecule has 0 N–H and O–H groups in total. The summed E-state index contributed by atoms with van der Waals surface area (Å²) >= 11 is -11.5. The van der Waals surface area contributed by atoms with Crippen LogP contribution in [0.25, 0.3) is 0 Å². The zero-order valence-electron chi connectivity index (χ0n) is 4.79. The Labute approximate surface area is 103 Å². The fourth-order valence-corrected chi connectivity index (χ4v) is 0. The van der Waals surface area contributed by atoms with Crippen LogP contribution in [0.15, 0.2) is 0 Å². The van der Waals surface area contributed by atoms with Gasteiger partial charge in [0.05, 0.1) is 0 Å². The van der Waals surface area contributed by atoms with Crippen molar-refractivity contribution in [2.24, 2.45) is 0 Å². The van der Waals surface area contributed by atoms with E-state index in [4.69, 9.17) is 31.8 Å². The van der Waals surface area contributed by atoms with Gasteiger partial charge >= 0.3 is 105 Å². The van der Waals surface area contributed by atoms with Crippen molar-refractivity contribution in [2.75, 3.05) is 0 Å². The van der Waals surface area contributed by atoms with Crippen LogP contribution in [-0.4, -0.2) is 45.5 Å². The Morgan fingerprint density at radius 3 is 0.636 bits per heavy atom. The Kier molecular flexibility index (Phi) is 11.8. The molecule has 0 amide bonds. The van der Waals surface area contributed by atoms with Crippen molar-refractivity contribution in [3.05, 3.63) is 0 Å². The average Bonchev–Trinajstić information content (AvgIpc) is 1.12. The molecule has 0 aromatic carbocycles. The average molecular weight is 320 g/mol. The minimum Gasteiger partial charge on any atom is 2.00 e. The fraction of sp³-hybridized carbons (Fsp3) is 0. The fourth-order valence-electron chi connectivity index (χ4n) is 0. The van der Waals surface area contributed by atoms with Gasteiger partial charge in [0.2, 0.25) is 0 Å². The molecular formula is Cr2O8Sr-2. The minimum absolute atomic E-state index is 0. The van der Waals surface area contributed by atoms with Gasteiger partial charge in [-0.1, -0.05) is 0 Å². The van der Waals surface area contributed by atoms with Gasteiger partial charge in [0.1, 0.15) is 0 Å². The molecule has 0 saturated carbocycles. The van der Waals surface area contributed by atoms with Crippen molar-refractivity contribution in [3.8, 4) is 0 Å². The van der Waals surface area contributed by atoms with Gasteiger partial charge in [0.25, 0.3) is 0 Å². The topological polar surface area (TPSA) is 161 Å². The smallest absolute Gasteiger partial charge is 2.00 e. The van der Waals surface area contributed by atoms with Gasteiger partial charge in [-0.2, -0.15) is 0 Å². The summed E-state index contributed by atoms with van der Waals surface area (Å²) < 4.78 is 68.8. The third kappa shape index (κ3) is 423. The zero-order chi connectivity index (χ0) is 9.00. The molecule has 0 saturated heterocycles. The third-order valence-corrected chi connectivity index (χ3v) is 0. The maximum Gasteiger partial charge on any atom is 2.00 e. The van der Waals surface area contributed by atoms with Gasteiger partial charge < -0.3 is 0 Å². The molecule has 0 spiro atoms. The van der Waals surface area contributed by atoms with Crippen LogP contribution in [0.5, 0.6) is 0 Å². The zero-order valence-corrected chi connectivity index (χ0v) is 10.8. The van der Waals surface area contributed by atoms with Gasteiger partial charge in [-0.3, -0.25) is 0 Å². The Morgan fingerprint density at radius 1 is 0.636 bits per heavy atom. The van der Waals surface area contributed by atoms with Crippen LogP contribution in [0.3, 0.4) is 0 Å². The molecule has 0 aliphatic rings. The largest absolute Gasteiger partial charge is 2.00 e. The molecular weight excluding hydrogens is 320 g/mol. The van der Waals surface area contributed by atoms with E-state index >= 15 is 0 Å². The first kappa shape index (κ1) is 18.4. The van der Waals surface area contributed by atoms with Crippen molar-refractivity contribution in [3.63, 3.8) is 0 Å². The van der Waals surface area contributed by atoms with Crippen molar-refractivity contribution >= 4 is 45.5 Å². The molecule has 0 atom stereocenters.